The smallest absolute Gasteiger partial charge is 0.187 e. The number of hydrogen-bond acceptors (Lipinski definition) is 6. The number of thioether (sulfide) groups is 1. The number of rotatable bonds is 8. The minimum absolute atomic E-state index is 0.312. The largest absolute Gasteiger partial charge is 0.494 e. The van der Waals surface area contributed by atoms with Gasteiger partial charge in [0.05, 0.1) is 7.11 Å². The van der Waals surface area contributed by atoms with Gasteiger partial charge in [-0.2, -0.15) is 0 Å². The predicted molar refractivity (Wildman–Crippen MR) is 119 cm³/mol. The third kappa shape index (κ3) is 5.71. The number of hydrogen-bond donors (Lipinski definition) is 0. The van der Waals surface area contributed by atoms with Crippen LogP contribution in [0.1, 0.15) is 42.9 Å². The van der Waals surface area contributed by atoms with E-state index >= 15 is 0 Å². The van der Waals surface area contributed by atoms with Gasteiger partial charge in [0, 0.05) is 43.2 Å². The highest BCUT2D eigenvalue weighted by Crippen LogP contribution is 2.28. The van der Waals surface area contributed by atoms with Crippen LogP contribution >= 0.6 is 11.8 Å². The van der Waals surface area contributed by atoms with Crippen LogP contribution in [0.3, 0.4) is 0 Å². The number of piperidine rings is 1. The Labute approximate surface area is 183 Å². The van der Waals surface area contributed by atoms with E-state index < -0.39 is 0 Å². The minimum atomic E-state index is -0.312. The summed E-state index contributed by atoms with van der Waals surface area (Å²) >= 11 is 1.77. The van der Waals surface area contributed by atoms with Crippen LogP contribution in [0.15, 0.2) is 35.6 Å². The first-order valence-electron chi connectivity index (χ1n) is 10.9. The maximum atomic E-state index is 13.7. The van der Waals surface area contributed by atoms with Crippen LogP contribution in [0, 0.1) is 5.82 Å². The second kappa shape index (κ2) is 10.6. The highest BCUT2D eigenvalue weighted by molar-refractivity contribution is 7.99. The van der Waals surface area contributed by atoms with Crippen molar-refractivity contribution in [3.05, 3.63) is 47.5 Å². The summed E-state index contributed by atoms with van der Waals surface area (Å²) in [5.74, 6) is 1.47. The Morgan fingerprint density at radius 2 is 1.97 bits per heavy atom. The third-order valence-corrected chi connectivity index (χ3v) is 6.88. The molecule has 0 aliphatic carbocycles. The Kier molecular flexibility index (Phi) is 7.57. The van der Waals surface area contributed by atoms with Crippen molar-refractivity contribution in [2.45, 2.75) is 43.3 Å². The first-order valence-corrected chi connectivity index (χ1v) is 11.9. The second-order valence-electron chi connectivity index (χ2n) is 8.20. The van der Waals surface area contributed by atoms with E-state index in [-0.39, 0.29) is 5.82 Å². The summed E-state index contributed by atoms with van der Waals surface area (Å²) in [6.45, 7) is 6.41. The minimum Gasteiger partial charge on any atom is -0.494 e. The Balaban J connectivity index is 1.33. The molecule has 2 aliphatic rings. The van der Waals surface area contributed by atoms with Gasteiger partial charge in [-0.15, -0.1) is 0 Å². The number of halogens is 1. The molecular formula is C23H31FN4OS. The van der Waals surface area contributed by atoms with Gasteiger partial charge in [0.1, 0.15) is 0 Å². The maximum Gasteiger partial charge on any atom is 0.187 e. The molecule has 0 unspecified atom stereocenters. The Morgan fingerprint density at radius 1 is 1.13 bits per heavy atom. The highest BCUT2D eigenvalue weighted by Gasteiger charge is 2.23. The van der Waals surface area contributed by atoms with E-state index in [1.165, 1.54) is 39.1 Å². The molecule has 0 bridgehead atoms. The fourth-order valence-corrected chi connectivity index (χ4v) is 5.26. The third-order valence-electron chi connectivity index (χ3n) is 6.04. The van der Waals surface area contributed by atoms with Crippen molar-refractivity contribution >= 4 is 11.8 Å². The average molecular weight is 431 g/mol. The lowest BCUT2D eigenvalue weighted by atomic mass is 9.94. The number of likely N-dealkylation sites (tertiary alicyclic amines) is 2. The first-order chi connectivity index (χ1) is 14.7. The van der Waals surface area contributed by atoms with Crippen molar-refractivity contribution in [3.63, 3.8) is 0 Å². The van der Waals surface area contributed by atoms with Crippen molar-refractivity contribution in [1.82, 2.24) is 19.8 Å². The number of nitrogens with zero attached hydrogens (tertiary/aromatic N) is 4. The van der Waals surface area contributed by atoms with Gasteiger partial charge >= 0.3 is 0 Å². The normalized spacial score (nSPS) is 20.5. The van der Waals surface area contributed by atoms with E-state index in [0.29, 0.717) is 11.7 Å². The van der Waals surface area contributed by atoms with Gasteiger partial charge < -0.3 is 9.64 Å². The van der Waals surface area contributed by atoms with Crippen LogP contribution < -0.4 is 4.74 Å². The summed E-state index contributed by atoms with van der Waals surface area (Å²) in [7, 11) is 1.51. The highest BCUT2D eigenvalue weighted by atomic mass is 32.2. The first kappa shape index (κ1) is 21.5. The molecule has 162 valence electrons. The zero-order valence-electron chi connectivity index (χ0n) is 17.7. The van der Waals surface area contributed by atoms with Crippen molar-refractivity contribution in [2.75, 3.05) is 45.6 Å². The molecule has 5 nitrogen and oxygen atoms in total. The molecule has 0 spiro atoms. The number of aromatic nitrogens is 2. The van der Waals surface area contributed by atoms with Gasteiger partial charge in [-0.1, -0.05) is 17.8 Å². The summed E-state index contributed by atoms with van der Waals surface area (Å²) in [5, 5.41) is 0.895. The molecule has 1 aromatic carbocycles. The van der Waals surface area contributed by atoms with Gasteiger partial charge in [-0.3, -0.25) is 4.90 Å². The standard InChI is InChI=1S/C23H31FN4OS/c1-29-22-15-18(6-7-20(22)24)16-28-12-4-5-19(17-28)21-8-9-25-23(26-21)30-14-13-27-10-2-3-11-27/h6-9,15,19H,2-5,10-14,16-17H2,1H3/t19-/m1/s1. The Morgan fingerprint density at radius 3 is 2.80 bits per heavy atom. The van der Waals surface area contributed by atoms with E-state index in [2.05, 4.69) is 20.9 Å². The van der Waals surface area contributed by atoms with Gasteiger partial charge in [0.2, 0.25) is 0 Å². The Bertz CT molecular complexity index is 831. The molecule has 1 aromatic heterocycles. The summed E-state index contributed by atoms with van der Waals surface area (Å²) in [6.07, 6.45) is 6.87. The number of benzene rings is 1. The molecule has 0 radical (unpaired) electrons. The molecule has 2 fully saturated rings. The molecule has 0 saturated carbocycles. The molecule has 1 atom stereocenters. The molecule has 3 heterocycles. The second-order valence-corrected chi connectivity index (χ2v) is 9.27. The summed E-state index contributed by atoms with van der Waals surface area (Å²) in [4.78, 5) is 14.3. The van der Waals surface area contributed by atoms with Crippen LogP contribution in [-0.4, -0.2) is 65.4 Å². The van der Waals surface area contributed by atoms with Gasteiger partial charge in [0.25, 0.3) is 0 Å². The van der Waals surface area contributed by atoms with Crippen molar-refractivity contribution in [2.24, 2.45) is 0 Å². The number of ether oxygens (including phenoxy) is 1. The lowest BCUT2D eigenvalue weighted by molar-refractivity contribution is 0.198. The van der Waals surface area contributed by atoms with E-state index in [1.54, 1.807) is 17.8 Å². The van der Waals surface area contributed by atoms with Crippen LogP contribution in [0.5, 0.6) is 5.75 Å². The van der Waals surface area contributed by atoms with E-state index in [0.717, 1.165) is 61.2 Å². The van der Waals surface area contributed by atoms with Crippen LogP contribution in [0.4, 0.5) is 4.39 Å². The van der Waals surface area contributed by atoms with Crippen LogP contribution in [-0.2, 0) is 6.54 Å². The van der Waals surface area contributed by atoms with Gasteiger partial charge in [0.15, 0.2) is 16.7 Å². The SMILES string of the molecule is COc1cc(CN2CCC[C@@H](c3ccnc(SCCN4CCCC4)n3)C2)ccc1F. The fourth-order valence-electron chi connectivity index (χ4n) is 4.42. The molecule has 0 amide bonds. The lowest BCUT2D eigenvalue weighted by Gasteiger charge is -2.32. The van der Waals surface area contributed by atoms with Crippen molar-refractivity contribution in [1.29, 1.82) is 0 Å². The summed E-state index contributed by atoms with van der Waals surface area (Å²) in [6, 6.07) is 7.21. The molecular weight excluding hydrogens is 399 g/mol. The van der Waals surface area contributed by atoms with E-state index in [1.807, 2.05) is 12.3 Å². The molecule has 7 heteroatoms. The number of methoxy groups -OCH3 is 1. The van der Waals surface area contributed by atoms with Crippen molar-refractivity contribution in [3.8, 4) is 5.75 Å². The molecule has 2 aromatic rings. The molecule has 4 rings (SSSR count). The molecule has 2 saturated heterocycles. The van der Waals surface area contributed by atoms with Crippen molar-refractivity contribution < 1.29 is 9.13 Å². The monoisotopic (exact) mass is 430 g/mol. The van der Waals surface area contributed by atoms with Gasteiger partial charge in [-0.25, -0.2) is 14.4 Å². The zero-order valence-corrected chi connectivity index (χ0v) is 18.5. The predicted octanol–water partition coefficient (Wildman–Crippen LogP) is 4.19. The lowest BCUT2D eigenvalue weighted by Crippen LogP contribution is -2.34. The topological polar surface area (TPSA) is 41.5 Å². The van der Waals surface area contributed by atoms with E-state index in [9.17, 15) is 4.39 Å². The van der Waals surface area contributed by atoms with E-state index in [4.69, 9.17) is 9.72 Å². The fraction of sp³-hybridized carbons (Fsp3) is 0.565. The summed E-state index contributed by atoms with van der Waals surface area (Å²) in [5.41, 5.74) is 2.23. The van der Waals surface area contributed by atoms with Gasteiger partial charge in [-0.05, 0) is 69.1 Å². The Hall–Kier alpha value is -1.70. The molecule has 30 heavy (non-hydrogen) atoms. The zero-order chi connectivity index (χ0) is 20.8. The maximum absolute atomic E-state index is 13.7. The summed E-state index contributed by atoms with van der Waals surface area (Å²) < 4.78 is 18.8. The molecule has 0 N–H and O–H groups in total. The molecule has 2 aliphatic heterocycles. The quantitative estimate of drug-likeness (QED) is 0.462. The average Bonchev–Trinajstić information content (AvgIpc) is 3.29. The van der Waals surface area contributed by atoms with Crippen LogP contribution in [0.25, 0.3) is 0 Å². The van der Waals surface area contributed by atoms with Crippen LogP contribution in [0.2, 0.25) is 0 Å².